The zero-order chi connectivity index (χ0) is 13.1. The SMILES string of the molecule is CC1CN(c2c(F)cccc2CN)CC(CO)O1. The fourth-order valence-corrected chi connectivity index (χ4v) is 2.41. The number of para-hydroxylation sites is 1. The number of ether oxygens (including phenoxy) is 1. The second kappa shape index (κ2) is 5.65. The maximum Gasteiger partial charge on any atom is 0.146 e. The zero-order valence-corrected chi connectivity index (χ0v) is 10.5. The highest BCUT2D eigenvalue weighted by Gasteiger charge is 2.27. The maximum atomic E-state index is 14.0. The third kappa shape index (κ3) is 2.63. The molecule has 1 aromatic rings. The quantitative estimate of drug-likeness (QED) is 0.840. The minimum Gasteiger partial charge on any atom is -0.394 e. The van der Waals surface area contributed by atoms with Crippen LogP contribution in [0.15, 0.2) is 18.2 Å². The summed E-state index contributed by atoms with van der Waals surface area (Å²) in [5.74, 6) is -0.274. The number of hydrogen-bond donors (Lipinski definition) is 2. The Labute approximate surface area is 106 Å². The van der Waals surface area contributed by atoms with Gasteiger partial charge in [0, 0.05) is 19.6 Å². The topological polar surface area (TPSA) is 58.7 Å². The van der Waals surface area contributed by atoms with E-state index in [0.717, 1.165) is 5.56 Å². The number of aliphatic hydroxyl groups excluding tert-OH is 1. The lowest BCUT2D eigenvalue weighted by molar-refractivity contribution is -0.0422. The molecule has 0 amide bonds. The third-order valence-electron chi connectivity index (χ3n) is 3.14. The highest BCUT2D eigenvalue weighted by atomic mass is 19.1. The van der Waals surface area contributed by atoms with Crippen molar-refractivity contribution in [2.24, 2.45) is 5.73 Å². The Bertz CT molecular complexity index is 414. The molecule has 2 rings (SSSR count). The van der Waals surface area contributed by atoms with Crippen LogP contribution in [0.3, 0.4) is 0 Å². The molecular weight excluding hydrogens is 235 g/mol. The summed E-state index contributed by atoms with van der Waals surface area (Å²) in [4.78, 5) is 1.91. The van der Waals surface area contributed by atoms with Gasteiger partial charge in [-0.05, 0) is 18.6 Å². The summed E-state index contributed by atoms with van der Waals surface area (Å²) in [6.07, 6.45) is -0.319. The first-order valence-corrected chi connectivity index (χ1v) is 6.14. The average Bonchev–Trinajstić information content (AvgIpc) is 2.37. The first-order valence-electron chi connectivity index (χ1n) is 6.14. The molecule has 0 saturated carbocycles. The monoisotopic (exact) mass is 254 g/mol. The van der Waals surface area contributed by atoms with Crippen molar-refractivity contribution >= 4 is 5.69 Å². The fourth-order valence-electron chi connectivity index (χ4n) is 2.41. The van der Waals surface area contributed by atoms with E-state index >= 15 is 0 Å². The molecule has 1 saturated heterocycles. The fraction of sp³-hybridized carbons (Fsp3) is 0.538. The number of hydrogen-bond acceptors (Lipinski definition) is 4. The van der Waals surface area contributed by atoms with E-state index in [1.807, 2.05) is 17.9 Å². The molecule has 0 aliphatic carbocycles. The smallest absolute Gasteiger partial charge is 0.146 e. The van der Waals surface area contributed by atoms with Crippen molar-refractivity contribution in [2.75, 3.05) is 24.6 Å². The van der Waals surface area contributed by atoms with E-state index in [4.69, 9.17) is 10.5 Å². The summed E-state index contributed by atoms with van der Waals surface area (Å²) in [6, 6.07) is 4.92. The number of benzene rings is 1. The van der Waals surface area contributed by atoms with Crippen molar-refractivity contribution in [2.45, 2.75) is 25.7 Å². The summed E-state index contributed by atoms with van der Waals surface area (Å²) in [7, 11) is 0. The Balaban J connectivity index is 2.30. The third-order valence-corrected chi connectivity index (χ3v) is 3.14. The number of nitrogens with two attached hydrogens (primary N) is 1. The first kappa shape index (κ1) is 13.3. The molecule has 1 aromatic carbocycles. The van der Waals surface area contributed by atoms with E-state index in [0.29, 0.717) is 25.3 Å². The predicted molar refractivity (Wildman–Crippen MR) is 67.9 cm³/mol. The first-order chi connectivity index (χ1) is 8.65. The molecule has 1 fully saturated rings. The van der Waals surface area contributed by atoms with Crippen molar-refractivity contribution in [3.63, 3.8) is 0 Å². The highest BCUT2D eigenvalue weighted by molar-refractivity contribution is 5.55. The van der Waals surface area contributed by atoms with Crippen molar-refractivity contribution in [1.29, 1.82) is 0 Å². The Morgan fingerprint density at radius 2 is 2.28 bits per heavy atom. The molecule has 1 aliphatic heterocycles. The molecule has 3 N–H and O–H groups in total. The van der Waals surface area contributed by atoms with Crippen molar-refractivity contribution in [1.82, 2.24) is 0 Å². The number of morpholine rings is 1. The summed E-state index contributed by atoms with van der Waals surface area (Å²) in [5.41, 5.74) is 6.97. The van der Waals surface area contributed by atoms with Crippen molar-refractivity contribution in [3.05, 3.63) is 29.6 Å². The van der Waals surface area contributed by atoms with Gasteiger partial charge in [-0.15, -0.1) is 0 Å². The Morgan fingerprint density at radius 3 is 2.94 bits per heavy atom. The molecule has 0 radical (unpaired) electrons. The minimum atomic E-state index is -0.279. The van der Waals surface area contributed by atoms with Crippen LogP contribution in [-0.2, 0) is 11.3 Å². The summed E-state index contributed by atoms with van der Waals surface area (Å²) < 4.78 is 19.5. The second-order valence-electron chi connectivity index (χ2n) is 4.61. The van der Waals surface area contributed by atoms with Gasteiger partial charge in [0.15, 0.2) is 0 Å². The zero-order valence-electron chi connectivity index (χ0n) is 10.5. The number of nitrogens with zero attached hydrogens (tertiary/aromatic N) is 1. The van der Waals surface area contributed by atoms with Crippen LogP contribution in [0.5, 0.6) is 0 Å². The van der Waals surface area contributed by atoms with Crippen LogP contribution in [0.25, 0.3) is 0 Å². The van der Waals surface area contributed by atoms with Gasteiger partial charge in [-0.25, -0.2) is 4.39 Å². The molecule has 1 aliphatic rings. The Kier molecular flexibility index (Phi) is 4.16. The van der Waals surface area contributed by atoms with E-state index in [9.17, 15) is 9.50 Å². The molecule has 2 atom stereocenters. The molecule has 100 valence electrons. The predicted octanol–water partition coefficient (Wildman–Crippen LogP) is 0.870. The second-order valence-corrected chi connectivity index (χ2v) is 4.61. The van der Waals surface area contributed by atoms with Crippen LogP contribution in [0.4, 0.5) is 10.1 Å². The Hall–Kier alpha value is -1.17. The maximum absolute atomic E-state index is 14.0. The summed E-state index contributed by atoms with van der Waals surface area (Å²) in [5, 5.41) is 9.20. The lowest BCUT2D eigenvalue weighted by Crippen LogP contribution is -2.48. The van der Waals surface area contributed by atoms with Gasteiger partial charge in [0.25, 0.3) is 0 Å². The van der Waals surface area contributed by atoms with Gasteiger partial charge in [0.1, 0.15) is 5.82 Å². The van der Waals surface area contributed by atoms with Gasteiger partial charge in [-0.1, -0.05) is 12.1 Å². The minimum absolute atomic E-state index is 0.0406. The summed E-state index contributed by atoms with van der Waals surface area (Å²) in [6.45, 7) is 3.23. The van der Waals surface area contributed by atoms with Gasteiger partial charge >= 0.3 is 0 Å². The van der Waals surface area contributed by atoms with Crippen LogP contribution in [-0.4, -0.2) is 37.0 Å². The molecule has 18 heavy (non-hydrogen) atoms. The van der Waals surface area contributed by atoms with E-state index < -0.39 is 0 Å². The van der Waals surface area contributed by atoms with Crippen LogP contribution in [0, 0.1) is 5.82 Å². The Morgan fingerprint density at radius 1 is 1.50 bits per heavy atom. The molecule has 0 aromatic heterocycles. The molecule has 0 spiro atoms. The van der Waals surface area contributed by atoms with Gasteiger partial charge in [-0.2, -0.15) is 0 Å². The molecule has 4 nitrogen and oxygen atoms in total. The van der Waals surface area contributed by atoms with E-state index in [1.165, 1.54) is 6.07 Å². The lowest BCUT2D eigenvalue weighted by Gasteiger charge is -2.38. The number of halogens is 1. The van der Waals surface area contributed by atoms with E-state index in [-0.39, 0.29) is 24.6 Å². The summed E-state index contributed by atoms with van der Waals surface area (Å²) >= 11 is 0. The van der Waals surface area contributed by atoms with E-state index in [1.54, 1.807) is 6.07 Å². The number of anilines is 1. The van der Waals surface area contributed by atoms with Gasteiger partial charge < -0.3 is 20.5 Å². The van der Waals surface area contributed by atoms with Crippen molar-refractivity contribution in [3.8, 4) is 0 Å². The normalized spacial score (nSPS) is 24.3. The molecule has 1 heterocycles. The van der Waals surface area contributed by atoms with Crippen LogP contribution >= 0.6 is 0 Å². The van der Waals surface area contributed by atoms with Crippen molar-refractivity contribution < 1.29 is 14.2 Å². The van der Waals surface area contributed by atoms with Crippen LogP contribution in [0.2, 0.25) is 0 Å². The molecule has 5 heteroatoms. The average molecular weight is 254 g/mol. The lowest BCUT2D eigenvalue weighted by atomic mass is 10.1. The van der Waals surface area contributed by atoms with Crippen LogP contribution < -0.4 is 10.6 Å². The molecular formula is C13H19FN2O2. The molecule has 2 unspecified atom stereocenters. The van der Waals surface area contributed by atoms with Gasteiger partial charge in [-0.3, -0.25) is 0 Å². The van der Waals surface area contributed by atoms with Gasteiger partial charge in [0.05, 0.1) is 24.5 Å². The molecule has 0 bridgehead atoms. The number of rotatable bonds is 3. The van der Waals surface area contributed by atoms with Gasteiger partial charge in [0.2, 0.25) is 0 Å². The number of aliphatic hydroxyl groups is 1. The standard InChI is InChI=1S/C13H19FN2O2/c1-9-6-16(7-11(8-17)18-9)13-10(5-15)3-2-4-12(13)14/h2-4,9,11,17H,5-8,15H2,1H3. The van der Waals surface area contributed by atoms with E-state index in [2.05, 4.69) is 0 Å². The largest absolute Gasteiger partial charge is 0.394 e. The van der Waals surface area contributed by atoms with Crippen LogP contribution in [0.1, 0.15) is 12.5 Å². The highest BCUT2D eigenvalue weighted by Crippen LogP contribution is 2.27.